The number of carbonyl (C=O) groups is 1. The third-order valence-electron chi connectivity index (χ3n) is 3.86. The van der Waals surface area contributed by atoms with Crippen LogP contribution in [0.25, 0.3) is 0 Å². The van der Waals surface area contributed by atoms with Crippen LogP contribution in [0.2, 0.25) is 0 Å². The summed E-state index contributed by atoms with van der Waals surface area (Å²) in [6, 6.07) is 17.2. The lowest BCUT2D eigenvalue weighted by Crippen LogP contribution is -2.35. The molecule has 25 heavy (non-hydrogen) atoms. The number of anilines is 1. The number of amides is 1. The topological polar surface area (TPSA) is 62.7 Å². The summed E-state index contributed by atoms with van der Waals surface area (Å²) < 4.78 is 5.29. The second kappa shape index (κ2) is 9.47. The SMILES string of the molecule is CC/C(Cc1ccccc1)=N/NC(=O)[C@H](C)Nc1ccccc1OC. The van der Waals surface area contributed by atoms with Crippen LogP contribution in [0.15, 0.2) is 59.7 Å². The summed E-state index contributed by atoms with van der Waals surface area (Å²) in [4.78, 5) is 12.3. The van der Waals surface area contributed by atoms with Gasteiger partial charge >= 0.3 is 0 Å². The van der Waals surface area contributed by atoms with Crippen molar-refractivity contribution in [3.8, 4) is 5.75 Å². The Kier molecular flexibility index (Phi) is 7.01. The molecule has 2 aromatic rings. The van der Waals surface area contributed by atoms with Gasteiger partial charge in [0.15, 0.2) is 0 Å². The summed E-state index contributed by atoms with van der Waals surface area (Å²) in [6.07, 6.45) is 1.51. The van der Waals surface area contributed by atoms with Crippen LogP contribution in [0.5, 0.6) is 5.75 Å². The Bertz CT molecular complexity index is 714. The molecule has 0 saturated heterocycles. The second-order valence-corrected chi connectivity index (χ2v) is 5.74. The van der Waals surface area contributed by atoms with E-state index in [1.165, 1.54) is 5.56 Å². The van der Waals surface area contributed by atoms with Crippen molar-refractivity contribution in [3.05, 3.63) is 60.2 Å². The van der Waals surface area contributed by atoms with Crippen LogP contribution in [-0.4, -0.2) is 24.8 Å². The predicted molar refractivity (Wildman–Crippen MR) is 102 cm³/mol. The van der Waals surface area contributed by atoms with Crippen LogP contribution in [0, 0.1) is 0 Å². The Morgan fingerprint density at radius 3 is 2.48 bits per heavy atom. The average Bonchev–Trinajstić information content (AvgIpc) is 2.66. The summed E-state index contributed by atoms with van der Waals surface area (Å²) in [6.45, 7) is 3.82. The van der Waals surface area contributed by atoms with Gasteiger partial charge in [-0.3, -0.25) is 4.79 Å². The van der Waals surface area contributed by atoms with Crippen molar-refractivity contribution in [1.29, 1.82) is 0 Å². The minimum absolute atomic E-state index is 0.190. The van der Waals surface area contributed by atoms with Crippen LogP contribution < -0.4 is 15.5 Å². The van der Waals surface area contributed by atoms with Crippen LogP contribution in [0.3, 0.4) is 0 Å². The van der Waals surface area contributed by atoms with Gasteiger partial charge in [0.25, 0.3) is 5.91 Å². The summed E-state index contributed by atoms with van der Waals surface area (Å²) in [5, 5.41) is 7.43. The highest BCUT2D eigenvalue weighted by Crippen LogP contribution is 2.23. The Morgan fingerprint density at radius 2 is 1.80 bits per heavy atom. The first kappa shape index (κ1) is 18.5. The van der Waals surface area contributed by atoms with E-state index in [-0.39, 0.29) is 5.91 Å². The molecule has 5 nitrogen and oxygen atoms in total. The summed E-state index contributed by atoms with van der Waals surface area (Å²) >= 11 is 0. The molecule has 2 rings (SSSR count). The molecular weight excluding hydrogens is 314 g/mol. The number of methoxy groups -OCH3 is 1. The number of carbonyl (C=O) groups excluding carboxylic acids is 1. The van der Waals surface area contributed by atoms with Crippen LogP contribution in [0.1, 0.15) is 25.8 Å². The third kappa shape index (κ3) is 5.64. The van der Waals surface area contributed by atoms with Crippen molar-refractivity contribution in [2.45, 2.75) is 32.7 Å². The minimum atomic E-state index is -0.435. The van der Waals surface area contributed by atoms with Gasteiger partial charge in [0, 0.05) is 12.1 Å². The van der Waals surface area contributed by atoms with E-state index in [0.717, 1.165) is 24.2 Å². The third-order valence-corrected chi connectivity index (χ3v) is 3.86. The van der Waals surface area contributed by atoms with Crippen molar-refractivity contribution in [2.24, 2.45) is 5.10 Å². The predicted octanol–water partition coefficient (Wildman–Crippen LogP) is 3.62. The van der Waals surface area contributed by atoms with Crippen LogP contribution >= 0.6 is 0 Å². The molecule has 0 spiro atoms. The Labute approximate surface area is 149 Å². The van der Waals surface area contributed by atoms with E-state index in [4.69, 9.17) is 4.74 Å². The first-order valence-electron chi connectivity index (χ1n) is 8.42. The molecule has 132 valence electrons. The van der Waals surface area contributed by atoms with Gasteiger partial charge in [0.2, 0.25) is 0 Å². The van der Waals surface area contributed by atoms with Gasteiger partial charge in [0.1, 0.15) is 11.8 Å². The fraction of sp³-hybridized carbons (Fsp3) is 0.300. The number of nitrogens with one attached hydrogen (secondary N) is 2. The number of para-hydroxylation sites is 2. The Morgan fingerprint density at radius 1 is 1.12 bits per heavy atom. The number of hydrazone groups is 1. The number of nitrogens with zero attached hydrogens (tertiary/aromatic N) is 1. The number of rotatable bonds is 8. The van der Waals surface area contributed by atoms with Crippen molar-refractivity contribution in [3.63, 3.8) is 0 Å². The summed E-state index contributed by atoms with van der Waals surface area (Å²) in [5.74, 6) is 0.508. The van der Waals surface area contributed by atoms with E-state index in [1.54, 1.807) is 14.0 Å². The maximum atomic E-state index is 12.3. The Balaban J connectivity index is 1.95. The number of ether oxygens (including phenoxy) is 1. The van der Waals surface area contributed by atoms with E-state index >= 15 is 0 Å². The quantitative estimate of drug-likeness (QED) is 0.570. The van der Waals surface area contributed by atoms with Gasteiger partial charge in [-0.25, -0.2) is 5.43 Å². The van der Waals surface area contributed by atoms with Crippen molar-refractivity contribution in [2.75, 3.05) is 12.4 Å². The van der Waals surface area contributed by atoms with Gasteiger partial charge in [-0.2, -0.15) is 5.10 Å². The lowest BCUT2D eigenvalue weighted by atomic mass is 10.1. The van der Waals surface area contributed by atoms with Gasteiger partial charge in [-0.05, 0) is 31.0 Å². The van der Waals surface area contributed by atoms with Crippen LogP contribution in [0.4, 0.5) is 5.69 Å². The van der Waals surface area contributed by atoms with E-state index in [2.05, 4.69) is 28.0 Å². The molecule has 0 aliphatic rings. The molecule has 5 heteroatoms. The summed E-state index contributed by atoms with van der Waals surface area (Å²) in [7, 11) is 1.60. The van der Waals surface area contributed by atoms with E-state index in [0.29, 0.717) is 5.75 Å². The molecular formula is C20H25N3O2. The smallest absolute Gasteiger partial charge is 0.262 e. The molecule has 0 heterocycles. The van der Waals surface area contributed by atoms with Crippen molar-refractivity contribution in [1.82, 2.24) is 5.43 Å². The van der Waals surface area contributed by atoms with Gasteiger partial charge in [-0.15, -0.1) is 0 Å². The first-order chi connectivity index (χ1) is 12.1. The lowest BCUT2D eigenvalue weighted by Gasteiger charge is -2.16. The second-order valence-electron chi connectivity index (χ2n) is 5.74. The fourth-order valence-corrected chi connectivity index (χ4v) is 2.37. The maximum absolute atomic E-state index is 12.3. The molecule has 0 aromatic heterocycles. The first-order valence-corrected chi connectivity index (χ1v) is 8.42. The van der Waals surface area contributed by atoms with E-state index in [9.17, 15) is 4.79 Å². The maximum Gasteiger partial charge on any atom is 0.262 e. The molecule has 2 aromatic carbocycles. The van der Waals surface area contributed by atoms with Crippen LogP contribution in [-0.2, 0) is 11.2 Å². The zero-order chi connectivity index (χ0) is 18.1. The fourth-order valence-electron chi connectivity index (χ4n) is 2.37. The molecule has 0 saturated carbocycles. The zero-order valence-corrected chi connectivity index (χ0v) is 15.0. The normalized spacial score (nSPS) is 12.4. The number of hydrogen-bond acceptors (Lipinski definition) is 4. The molecule has 0 unspecified atom stereocenters. The molecule has 2 N–H and O–H groups in total. The van der Waals surface area contributed by atoms with Crippen molar-refractivity contribution >= 4 is 17.3 Å². The largest absolute Gasteiger partial charge is 0.495 e. The Hall–Kier alpha value is -2.82. The molecule has 0 fully saturated rings. The summed E-state index contributed by atoms with van der Waals surface area (Å²) in [5.41, 5.74) is 5.54. The standard InChI is InChI=1S/C20H25N3O2/c1-4-17(14-16-10-6-5-7-11-16)22-23-20(24)15(2)21-18-12-8-9-13-19(18)25-3/h5-13,15,21H,4,14H2,1-3H3,(H,23,24)/b22-17-/t15-/m0/s1. The average molecular weight is 339 g/mol. The highest BCUT2D eigenvalue weighted by molar-refractivity contribution is 5.89. The minimum Gasteiger partial charge on any atom is -0.495 e. The molecule has 1 atom stereocenters. The highest BCUT2D eigenvalue weighted by atomic mass is 16.5. The zero-order valence-electron chi connectivity index (χ0n) is 15.0. The number of hydrogen-bond donors (Lipinski definition) is 2. The highest BCUT2D eigenvalue weighted by Gasteiger charge is 2.14. The molecule has 0 radical (unpaired) electrons. The van der Waals surface area contributed by atoms with Gasteiger partial charge in [-0.1, -0.05) is 49.4 Å². The molecule has 0 aliphatic carbocycles. The van der Waals surface area contributed by atoms with E-state index in [1.807, 2.05) is 49.4 Å². The molecule has 1 amide bonds. The van der Waals surface area contributed by atoms with E-state index < -0.39 is 6.04 Å². The lowest BCUT2D eigenvalue weighted by molar-refractivity contribution is -0.121. The van der Waals surface area contributed by atoms with Gasteiger partial charge < -0.3 is 10.1 Å². The number of benzene rings is 2. The van der Waals surface area contributed by atoms with Gasteiger partial charge in [0.05, 0.1) is 12.8 Å². The monoisotopic (exact) mass is 339 g/mol. The molecule has 0 aliphatic heterocycles. The van der Waals surface area contributed by atoms with Crippen molar-refractivity contribution < 1.29 is 9.53 Å². The molecule has 0 bridgehead atoms.